The van der Waals surface area contributed by atoms with Crippen molar-refractivity contribution in [3.63, 3.8) is 0 Å². The summed E-state index contributed by atoms with van der Waals surface area (Å²) in [6.07, 6.45) is 1.01. The van der Waals surface area contributed by atoms with Crippen molar-refractivity contribution < 1.29 is 9.59 Å². The summed E-state index contributed by atoms with van der Waals surface area (Å²) >= 11 is 5.98. The van der Waals surface area contributed by atoms with Gasteiger partial charge in [-0.05, 0) is 49.4 Å². The Morgan fingerprint density at radius 1 is 0.966 bits per heavy atom. The molecule has 2 rings (SSSR count). The van der Waals surface area contributed by atoms with E-state index in [4.69, 9.17) is 11.6 Å². The average Bonchev–Trinajstić information content (AvgIpc) is 2.70. The van der Waals surface area contributed by atoms with Gasteiger partial charge in [0.2, 0.25) is 11.8 Å². The maximum absolute atomic E-state index is 13.1. The number of rotatable bonds is 9. The molecule has 0 saturated carbocycles. The van der Waals surface area contributed by atoms with Gasteiger partial charge in [0, 0.05) is 24.5 Å². The van der Waals surface area contributed by atoms with Crippen LogP contribution < -0.4 is 5.32 Å². The van der Waals surface area contributed by atoms with E-state index in [1.165, 1.54) is 5.56 Å². The van der Waals surface area contributed by atoms with E-state index < -0.39 is 6.04 Å². The largest absolute Gasteiger partial charge is 0.354 e. The molecule has 0 spiro atoms. The van der Waals surface area contributed by atoms with Crippen LogP contribution in [0.1, 0.15) is 43.9 Å². The molecular weight excluding hydrogens is 384 g/mol. The van der Waals surface area contributed by atoms with E-state index >= 15 is 0 Å². The van der Waals surface area contributed by atoms with E-state index in [0.717, 1.165) is 11.1 Å². The molecule has 1 N–H and O–H groups in total. The fourth-order valence-electron chi connectivity index (χ4n) is 2.97. The highest BCUT2D eigenvalue weighted by molar-refractivity contribution is 6.30. The minimum absolute atomic E-state index is 0.0345. The molecule has 0 unspecified atom stereocenters. The number of carbonyl (C=O) groups excluding carboxylic acids is 2. The van der Waals surface area contributed by atoms with Gasteiger partial charge in [-0.3, -0.25) is 9.59 Å². The summed E-state index contributed by atoms with van der Waals surface area (Å²) in [5, 5.41) is 3.59. The first-order valence-electron chi connectivity index (χ1n) is 10.1. The summed E-state index contributed by atoms with van der Waals surface area (Å²) in [4.78, 5) is 27.3. The van der Waals surface area contributed by atoms with E-state index in [9.17, 15) is 9.59 Å². The van der Waals surface area contributed by atoms with Crippen LogP contribution in [0.4, 0.5) is 0 Å². The molecule has 0 aliphatic carbocycles. The van der Waals surface area contributed by atoms with Gasteiger partial charge in [-0.15, -0.1) is 0 Å². The van der Waals surface area contributed by atoms with Crippen molar-refractivity contribution in [3.8, 4) is 0 Å². The number of nitrogens with zero attached hydrogens (tertiary/aromatic N) is 1. The lowest BCUT2D eigenvalue weighted by Gasteiger charge is -2.29. The van der Waals surface area contributed by atoms with Gasteiger partial charge in [0.15, 0.2) is 0 Å². The molecule has 5 heteroatoms. The third kappa shape index (κ3) is 7.54. The number of nitrogens with one attached hydrogen (secondary N) is 1. The maximum atomic E-state index is 13.1. The van der Waals surface area contributed by atoms with Crippen molar-refractivity contribution >= 4 is 23.4 Å². The monoisotopic (exact) mass is 414 g/mol. The Kier molecular flexibility index (Phi) is 8.71. The van der Waals surface area contributed by atoms with E-state index in [1.807, 2.05) is 57.2 Å². The lowest BCUT2D eigenvalue weighted by atomic mass is 10.1. The van der Waals surface area contributed by atoms with Crippen LogP contribution in [0.15, 0.2) is 48.5 Å². The molecule has 0 radical (unpaired) electrons. The minimum Gasteiger partial charge on any atom is -0.354 e. The molecule has 2 amide bonds. The fraction of sp³-hybridized carbons (Fsp3) is 0.417. The number of carbonyl (C=O) groups is 2. The molecule has 0 bridgehead atoms. The van der Waals surface area contributed by atoms with Gasteiger partial charge >= 0.3 is 0 Å². The van der Waals surface area contributed by atoms with Crippen molar-refractivity contribution in [2.24, 2.45) is 5.92 Å². The molecule has 0 heterocycles. The van der Waals surface area contributed by atoms with Gasteiger partial charge in [-0.25, -0.2) is 0 Å². The quantitative estimate of drug-likeness (QED) is 0.642. The number of amides is 2. The molecule has 0 saturated heterocycles. The van der Waals surface area contributed by atoms with Crippen LogP contribution in [-0.4, -0.2) is 29.3 Å². The van der Waals surface area contributed by atoms with Crippen molar-refractivity contribution in [2.45, 2.75) is 53.1 Å². The number of hydrogen-bond donors (Lipinski definition) is 1. The SMILES string of the molecule is Cc1ccc(CCC(=O)N(Cc2ccc(Cl)cc2)[C@@H](C)C(=O)NCC(C)C)cc1. The van der Waals surface area contributed by atoms with Gasteiger partial charge < -0.3 is 10.2 Å². The lowest BCUT2D eigenvalue weighted by Crippen LogP contribution is -2.48. The molecular formula is C24H31ClN2O2. The smallest absolute Gasteiger partial charge is 0.242 e. The summed E-state index contributed by atoms with van der Waals surface area (Å²) in [6, 6.07) is 15.0. The van der Waals surface area contributed by atoms with Gasteiger partial charge in [0.05, 0.1) is 0 Å². The van der Waals surface area contributed by atoms with E-state index in [2.05, 4.69) is 5.32 Å². The van der Waals surface area contributed by atoms with Crippen LogP contribution in [0, 0.1) is 12.8 Å². The van der Waals surface area contributed by atoms with Crippen molar-refractivity contribution in [1.82, 2.24) is 10.2 Å². The first kappa shape index (κ1) is 23.0. The second-order valence-corrected chi connectivity index (χ2v) is 8.39. The summed E-state index contributed by atoms with van der Waals surface area (Å²) in [5.41, 5.74) is 3.26. The Morgan fingerprint density at radius 3 is 2.14 bits per heavy atom. The minimum atomic E-state index is -0.546. The summed E-state index contributed by atoms with van der Waals surface area (Å²) in [7, 11) is 0. The summed E-state index contributed by atoms with van der Waals surface area (Å²) in [6.45, 7) is 8.89. The molecule has 4 nitrogen and oxygen atoms in total. The van der Waals surface area contributed by atoms with Crippen LogP contribution >= 0.6 is 11.6 Å². The average molecular weight is 415 g/mol. The molecule has 29 heavy (non-hydrogen) atoms. The van der Waals surface area contributed by atoms with Crippen LogP contribution in [0.2, 0.25) is 5.02 Å². The Bertz CT molecular complexity index is 801. The Hall–Kier alpha value is -2.33. The second kappa shape index (κ2) is 11.0. The van der Waals surface area contributed by atoms with E-state index in [0.29, 0.717) is 36.9 Å². The number of aryl methyl sites for hydroxylation is 2. The molecule has 2 aromatic carbocycles. The summed E-state index contributed by atoms with van der Waals surface area (Å²) in [5.74, 6) is 0.192. The molecule has 0 aliphatic rings. The van der Waals surface area contributed by atoms with Crippen molar-refractivity contribution in [3.05, 3.63) is 70.2 Å². The second-order valence-electron chi connectivity index (χ2n) is 7.95. The lowest BCUT2D eigenvalue weighted by molar-refractivity contribution is -0.140. The number of halogens is 1. The van der Waals surface area contributed by atoms with E-state index in [1.54, 1.807) is 24.0 Å². The zero-order valence-electron chi connectivity index (χ0n) is 17.7. The number of benzene rings is 2. The highest BCUT2D eigenvalue weighted by Gasteiger charge is 2.25. The van der Waals surface area contributed by atoms with Crippen molar-refractivity contribution in [1.29, 1.82) is 0 Å². The third-order valence-electron chi connectivity index (χ3n) is 4.87. The zero-order chi connectivity index (χ0) is 21.4. The maximum Gasteiger partial charge on any atom is 0.242 e. The normalized spacial score (nSPS) is 11.9. The Morgan fingerprint density at radius 2 is 1.55 bits per heavy atom. The van der Waals surface area contributed by atoms with E-state index in [-0.39, 0.29) is 11.8 Å². The summed E-state index contributed by atoms with van der Waals surface area (Å²) < 4.78 is 0. The first-order chi connectivity index (χ1) is 13.8. The topological polar surface area (TPSA) is 49.4 Å². The van der Waals surface area contributed by atoms with Crippen molar-refractivity contribution in [2.75, 3.05) is 6.54 Å². The first-order valence-corrected chi connectivity index (χ1v) is 10.5. The molecule has 0 aromatic heterocycles. The molecule has 156 valence electrons. The molecule has 0 fully saturated rings. The van der Waals surface area contributed by atoms with Crippen LogP contribution in [0.25, 0.3) is 0 Å². The highest BCUT2D eigenvalue weighted by atomic mass is 35.5. The van der Waals surface area contributed by atoms with Gasteiger partial charge in [0.1, 0.15) is 6.04 Å². The zero-order valence-corrected chi connectivity index (χ0v) is 18.5. The Labute approximate surface area is 179 Å². The van der Waals surface area contributed by atoms with Crippen LogP contribution in [0.5, 0.6) is 0 Å². The Balaban J connectivity index is 2.10. The predicted molar refractivity (Wildman–Crippen MR) is 119 cm³/mol. The van der Waals surface area contributed by atoms with Gasteiger partial charge in [-0.1, -0.05) is 67.4 Å². The number of hydrogen-bond acceptors (Lipinski definition) is 2. The van der Waals surface area contributed by atoms with Gasteiger partial charge in [-0.2, -0.15) is 0 Å². The van der Waals surface area contributed by atoms with Crippen LogP contribution in [-0.2, 0) is 22.6 Å². The molecule has 2 aromatic rings. The predicted octanol–water partition coefficient (Wildman–Crippen LogP) is 4.77. The van der Waals surface area contributed by atoms with Crippen LogP contribution in [0.3, 0.4) is 0 Å². The fourth-order valence-corrected chi connectivity index (χ4v) is 3.10. The van der Waals surface area contributed by atoms with Gasteiger partial charge in [0.25, 0.3) is 0 Å². The highest BCUT2D eigenvalue weighted by Crippen LogP contribution is 2.16. The third-order valence-corrected chi connectivity index (χ3v) is 5.12. The molecule has 0 aliphatic heterocycles. The molecule has 1 atom stereocenters. The standard InChI is InChI=1S/C24H31ClN2O2/c1-17(2)15-26-24(29)19(4)27(16-21-9-12-22(25)13-10-21)23(28)14-11-20-7-5-18(3)6-8-20/h5-10,12-13,17,19H,11,14-16H2,1-4H3,(H,26,29)/t19-/m0/s1.